The molecule has 184 valence electrons. The maximum absolute atomic E-state index is 12.8. The van der Waals surface area contributed by atoms with Crippen LogP contribution in [0, 0.1) is 6.92 Å². The Bertz CT molecular complexity index is 1200. The summed E-state index contributed by atoms with van der Waals surface area (Å²) in [5.41, 5.74) is 1.23. The van der Waals surface area contributed by atoms with Gasteiger partial charge in [0.1, 0.15) is 5.69 Å². The molecule has 1 aliphatic heterocycles. The highest BCUT2D eigenvalue weighted by molar-refractivity contribution is 6.02. The lowest BCUT2D eigenvalue weighted by atomic mass is 10.2. The van der Waals surface area contributed by atoms with Crippen LogP contribution in [-0.2, 0) is 12.7 Å². The van der Waals surface area contributed by atoms with Crippen LogP contribution in [0.1, 0.15) is 37.8 Å². The quantitative estimate of drug-likeness (QED) is 0.595. The van der Waals surface area contributed by atoms with E-state index in [9.17, 15) is 22.8 Å². The van der Waals surface area contributed by atoms with Crippen molar-refractivity contribution in [2.24, 2.45) is 0 Å². The van der Waals surface area contributed by atoms with Gasteiger partial charge in [0, 0.05) is 38.1 Å². The molecule has 0 atom stereocenters. The first-order valence-corrected chi connectivity index (χ1v) is 10.9. The van der Waals surface area contributed by atoms with Gasteiger partial charge in [0.15, 0.2) is 5.69 Å². The monoisotopic (exact) mass is 487 g/mol. The van der Waals surface area contributed by atoms with Gasteiger partial charge >= 0.3 is 6.18 Å². The molecule has 1 aliphatic rings. The van der Waals surface area contributed by atoms with Gasteiger partial charge in [-0.05, 0) is 49.9 Å². The largest absolute Gasteiger partial charge is 0.416 e. The summed E-state index contributed by atoms with van der Waals surface area (Å²) in [4.78, 5) is 33.3. The van der Waals surface area contributed by atoms with Crippen molar-refractivity contribution in [3.05, 3.63) is 70.8 Å². The van der Waals surface area contributed by atoms with Gasteiger partial charge in [-0.25, -0.2) is 4.68 Å². The van der Waals surface area contributed by atoms with E-state index in [-0.39, 0.29) is 17.3 Å². The number of piperazine rings is 1. The first kappa shape index (κ1) is 24.3. The van der Waals surface area contributed by atoms with E-state index < -0.39 is 17.6 Å². The molecule has 3 heterocycles. The van der Waals surface area contributed by atoms with Gasteiger partial charge in [-0.2, -0.15) is 13.2 Å². The number of halogens is 3. The maximum Gasteiger partial charge on any atom is 0.416 e. The number of pyridine rings is 1. The normalized spacial score (nSPS) is 14.7. The van der Waals surface area contributed by atoms with Crippen LogP contribution in [0.4, 0.5) is 18.9 Å². The molecule has 0 bridgehead atoms. The zero-order valence-electron chi connectivity index (χ0n) is 19.2. The number of hydrogen-bond donors (Lipinski definition) is 1. The van der Waals surface area contributed by atoms with Crippen LogP contribution in [0.2, 0.25) is 0 Å². The fourth-order valence-electron chi connectivity index (χ4n) is 3.63. The fraction of sp³-hybridized carbons (Fsp3) is 0.348. The molecule has 4 rings (SSSR count). The van der Waals surface area contributed by atoms with Crippen molar-refractivity contribution in [2.75, 3.05) is 38.5 Å². The zero-order chi connectivity index (χ0) is 25.2. The second kappa shape index (κ2) is 9.82. The summed E-state index contributed by atoms with van der Waals surface area (Å²) in [5, 5.41) is 10.7. The summed E-state index contributed by atoms with van der Waals surface area (Å²) >= 11 is 0. The molecule has 0 radical (unpaired) electrons. The molecular formula is C23H24F3N7O2. The number of alkyl halides is 3. The van der Waals surface area contributed by atoms with Gasteiger partial charge in [-0.3, -0.25) is 14.6 Å². The molecule has 0 saturated carbocycles. The lowest BCUT2D eigenvalue weighted by Gasteiger charge is -2.31. The van der Waals surface area contributed by atoms with E-state index in [0.29, 0.717) is 31.0 Å². The third-order valence-corrected chi connectivity index (χ3v) is 5.84. The molecule has 1 N–H and O–H groups in total. The van der Waals surface area contributed by atoms with Crippen LogP contribution in [0.15, 0.2) is 42.6 Å². The third-order valence-electron chi connectivity index (χ3n) is 5.84. The summed E-state index contributed by atoms with van der Waals surface area (Å²) in [6, 6.07) is 7.37. The Kier molecular flexibility index (Phi) is 6.83. The third kappa shape index (κ3) is 5.65. The minimum absolute atomic E-state index is 0.106. The van der Waals surface area contributed by atoms with Gasteiger partial charge in [0.05, 0.1) is 17.8 Å². The standard InChI is InChI=1S/C23H24F3N7O2/c1-15-20(22(35)32-11-9-31(2)10-12-32)29-30-33(15)14-16-3-8-19(27-13-16)21(34)28-18-6-4-17(5-7-18)23(24,25)26/h3-8,13H,9-12,14H2,1-2H3,(H,28,34). The molecule has 12 heteroatoms. The zero-order valence-corrected chi connectivity index (χ0v) is 19.2. The summed E-state index contributed by atoms with van der Waals surface area (Å²) in [6.45, 7) is 4.99. The molecule has 1 fully saturated rings. The number of hydrogen-bond acceptors (Lipinski definition) is 6. The number of carbonyl (C=O) groups is 2. The van der Waals surface area contributed by atoms with E-state index in [4.69, 9.17) is 0 Å². The van der Waals surface area contributed by atoms with E-state index in [1.54, 1.807) is 22.6 Å². The number of nitrogens with one attached hydrogen (secondary N) is 1. The lowest BCUT2D eigenvalue weighted by molar-refractivity contribution is -0.137. The smallest absolute Gasteiger partial charge is 0.335 e. The highest BCUT2D eigenvalue weighted by Gasteiger charge is 2.30. The Hall–Kier alpha value is -3.80. The van der Waals surface area contributed by atoms with Crippen molar-refractivity contribution < 1.29 is 22.8 Å². The number of anilines is 1. The van der Waals surface area contributed by atoms with E-state index in [1.807, 2.05) is 7.05 Å². The highest BCUT2D eigenvalue weighted by atomic mass is 19.4. The number of rotatable bonds is 5. The van der Waals surface area contributed by atoms with E-state index in [0.717, 1.165) is 30.8 Å². The Morgan fingerprint density at radius 2 is 1.71 bits per heavy atom. The number of carbonyl (C=O) groups excluding carboxylic acids is 2. The van der Waals surface area contributed by atoms with Crippen LogP contribution in [0.25, 0.3) is 0 Å². The minimum Gasteiger partial charge on any atom is -0.335 e. The van der Waals surface area contributed by atoms with Crippen molar-refractivity contribution in [2.45, 2.75) is 19.6 Å². The molecule has 0 aliphatic carbocycles. The molecule has 3 aromatic rings. The average molecular weight is 487 g/mol. The Morgan fingerprint density at radius 3 is 2.31 bits per heavy atom. The summed E-state index contributed by atoms with van der Waals surface area (Å²) in [7, 11) is 2.01. The highest BCUT2D eigenvalue weighted by Crippen LogP contribution is 2.29. The van der Waals surface area contributed by atoms with Gasteiger partial charge in [0.2, 0.25) is 0 Å². The summed E-state index contributed by atoms with van der Waals surface area (Å²) < 4.78 is 39.6. The topological polar surface area (TPSA) is 96.3 Å². The fourth-order valence-corrected chi connectivity index (χ4v) is 3.63. The molecule has 0 unspecified atom stereocenters. The first-order valence-electron chi connectivity index (χ1n) is 10.9. The minimum atomic E-state index is -4.44. The molecule has 1 saturated heterocycles. The number of benzene rings is 1. The Morgan fingerprint density at radius 1 is 1.03 bits per heavy atom. The van der Waals surface area contributed by atoms with Crippen molar-refractivity contribution in [3.8, 4) is 0 Å². The lowest BCUT2D eigenvalue weighted by Crippen LogP contribution is -2.47. The van der Waals surface area contributed by atoms with E-state index in [1.165, 1.54) is 24.4 Å². The average Bonchev–Trinajstić information content (AvgIpc) is 3.19. The molecule has 2 amide bonds. The molecule has 0 spiro atoms. The molecule has 2 aromatic heterocycles. The van der Waals surface area contributed by atoms with Crippen molar-refractivity contribution >= 4 is 17.5 Å². The molecule has 1 aromatic carbocycles. The van der Waals surface area contributed by atoms with Crippen LogP contribution in [0.5, 0.6) is 0 Å². The van der Waals surface area contributed by atoms with Gasteiger partial charge in [-0.1, -0.05) is 11.3 Å². The maximum atomic E-state index is 12.8. The van der Waals surface area contributed by atoms with E-state index in [2.05, 4.69) is 25.5 Å². The van der Waals surface area contributed by atoms with Crippen LogP contribution < -0.4 is 5.32 Å². The number of aromatic nitrogens is 4. The molecular weight excluding hydrogens is 463 g/mol. The predicted octanol–water partition coefficient (Wildman–Crippen LogP) is 2.69. The SMILES string of the molecule is Cc1c(C(=O)N2CCN(C)CC2)nnn1Cc1ccc(C(=O)Nc2ccc(C(F)(F)F)cc2)nc1. The summed E-state index contributed by atoms with van der Waals surface area (Å²) in [5.74, 6) is -0.691. The van der Waals surface area contributed by atoms with Gasteiger partial charge < -0.3 is 15.1 Å². The Labute approximate surface area is 199 Å². The van der Waals surface area contributed by atoms with Crippen molar-refractivity contribution in [1.82, 2.24) is 29.8 Å². The van der Waals surface area contributed by atoms with Crippen molar-refractivity contribution in [3.63, 3.8) is 0 Å². The first-order chi connectivity index (χ1) is 16.6. The van der Waals surface area contributed by atoms with Crippen molar-refractivity contribution in [1.29, 1.82) is 0 Å². The van der Waals surface area contributed by atoms with Crippen LogP contribution >= 0.6 is 0 Å². The second-order valence-electron chi connectivity index (χ2n) is 8.36. The molecule has 35 heavy (non-hydrogen) atoms. The van der Waals surface area contributed by atoms with Gasteiger partial charge in [0.25, 0.3) is 11.8 Å². The number of amides is 2. The number of nitrogens with zero attached hydrogens (tertiary/aromatic N) is 6. The van der Waals surface area contributed by atoms with Gasteiger partial charge in [-0.15, -0.1) is 5.10 Å². The van der Waals surface area contributed by atoms with E-state index >= 15 is 0 Å². The summed E-state index contributed by atoms with van der Waals surface area (Å²) in [6.07, 6.45) is -2.94. The van der Waals surface area contributed by atoms with Crippen LogP contribution in [-0.4, -0.2) is 74.8 Å². The second-order valence-corrected chi connectivity index (χ2v) is 8.36. The predicted molar refractivity (Wildman–Crippen MR) is 121 cm³/mol. The van der Waals surface area contributed by atoms with Crippen LogP contribution in [0.3, 0.4) is 0 Å². The molecule has 9 nitrogen and oxygen atoms in total. The number of likely N-dealkylation sites (N-methyl/N-ethyl adjacent to an activating group) is 1. The Balaban J connectivity index is 1.38.